The van der Waals surface area contributed by atoms with E-state index < -0.39 is 5.41 Å². The highest BCUT2D eigenvalue weighted by molar-refractivity contribution is 5.93. The van der Waals surface area contributed by atoms with Gasteiger partial charge in [0.25, 0.3) is 0 Å². The summed E-state index contributed by atoms with van der Waals surface area (Å²) in [6, 6.07) is 6.22. The highest BCUT2D eigenvalue weighted by Gasteiger charge is 2.66. The van der Waals surface area contributed by atoms with Crippen LogP contribution in [0.15, 0.2) is 36.7 Å². The Labute approximate surface area is 135 Å². The van der Waals surface area contributed by atoms with E-state index >= 15 is 0 Å². The molecule has 1 heterocycles. The minimum atomic E-state index is -0.598. The van der Waals surface area contributed by atoms with Gasteiger partial charge < -0.3 is 5.32 Å². The molecule has 0 saturated heterocycles. The lowest BCUT2D eigenvalue weighted by molar-refractivity contribution is -0.124. The monoisotopic (exact) mass is 313 g/mol. The zero-order valence-corrected chi connectivity index (χ0v) is 13.6. The number of amides is 1. The van der Waals surface area contributed by atoms with Crippen LogP contribution in [0.4, 0.5) is 4.39 Å². The van der Waals surface area contributed by atoms with Gasteiger partial charge in [-0.2, -0.15) is 0 Å². The van der Waals surface area contributed by atoms with E-state index in [1.165, 1.54) is 12.1 Å². The molecule has 3 rings (SSSR count). The number of hydrogen-bond acceptors (Lipinski definition) is 3. The fraction of sp³-hybridized carbons (Fsp3) is 0.389. The predicted octanol–water partition coefficient (Wildman–Crippen LogP) is 2.91. The van der Waals surface area contributed by atoms with Gasteiger partial charge in [-0.05, 0) is 36.5 Å². The molecule has 1 aliphatic carbocycles. The summed E-state index contributed by atoms with van der Waals surface area (Å²) in [4.78, 5) is 21.2. The lowest BCUT2D eigenvalue weighted by Gasteiger charge is -2.20. The Kier molecular flexibility index (Phi) is 3.66. The highest BCUT2D eigenvalue weighted by Crippen LogP contribution is 2.64. The molecule has 1 fully saturated rings. The maximum atomic E-state index is 13.2. The van der Waals surface area contributed by atoms with Crippen LogP contribution in [-0.4, -0.2) is 15.9 Å². The fourth-order valence-corrected chi connectivity index (χ4v) is 3.20. The largest absolute Gasteiger partial charge is 0.350 e. The molecule has 0 bridgehead atoms. The summed E-state index contributed by atoms with van der Waals surface area (Å²) in [6.45, 7) is 6.32. The van der Waals surface area contributed by atoms with Gasteiger partial charge in [-0.15, -0.1) is 0 Å². The summed E-state index contributed by atoms with van der Waals surface area (Å²) in [7, 11) is 0. The number of carbonyl (C=O) groups is 1. The van der Waals surface area contributed by atoms with E-state index in [0.717, 1.165) is 23.4 Å². The Morgan fingerprint density at radius 1 is 1.22 bits per heavy atom. The standard InChI is InChI=1S/C18H20FN3O/c1-12-8-21-15(9-20-12)10-22-16(23)18(11-17(18,2)3)13-4-6-14(19)7-5-13/h4-9H,10-11H2,1-3H3,(H,22,23)/t18-/m0/s1. The Morgan fingerprint density at radius 3 is 2.39 bits per heavy atom. The zero-order chi connectivity index (χ0) is 16.7. The first-order valence-corrected chi connectivity index (χ1v) is 7.67. The van der Waals surface area contributed by atoms with Crippen molar-refractivity contribution >= 4 is 5.91 Å². The molecule has 0 aliphatic heterocycles. The molecule has 120 valence electrons. The normalized spacial score (nSPS) is 21.7. The van der Waals surface area contributed by atoms with E-state index in [-0.39, 0.29) is 17.1 Å². The van der Waals surface area contributed by atoms with Crippen LogP contribution in [0, 0.1) is 18.2 Å². The summed E-state index contributed by atoms with van der Waals surface area (Å²) >= 11 is 0. The van der Waals surface area contributed by atoms with Gasteiger partial charge in [0, 0.05) is 6.20 Å². The maximum Gasteiger partial charge on any atom is 0.231 e. The third-order valence-corrected chi connectivity index (χ3v) is 4.73. The number of aryl methyl sites for hydroxylation is 1. The number of hydrogen-bond donors (Lipinski definition) is 1. The molecule has 0 spiro atoms. The number of halogens is 1. The minimum Gasteiger partial charge on any atom is -0.350 e. The number of rotatable bonds is 4. The molecule has 1 aliphatic rings. The molecule has 1 N–H and O–H groups in total. The predicted molar refractivity (Wildman–Crippen MR) is 85.1 cm³/mol. The number of aromatic nitrogens is 2. The van der Waals surface area contributed by atoms with E-state index in [9.17, 15) is 9.18 Å². The molecule has 2 aromatic rings. The van der Waals surface area contributed by atoms with Crippen molar-refractivity contribution in [2.24, 2.45) is 5.41 Å². The average molecular weight is 313 g/mol. The minimum absolute atomic E-state index is 0.0449. The summed E-state index contributed by atoms with van der Waals surface area (Å²) in [5.41, 5.74) is 1.67. The van der Waals surface area contributed by atoms with Crippen molar-refractivity contribution in [3.05, 3.63) is 59.4 Å². The van der Waals surface area contributed by atoms with Gasteiger partial charge in [0.1, 0.15) is 5.82 Å². The maximum absolute atomic E-state index is 13.2. The first-order valence-electron chi connectivity index (χ1n) is 7.67. The van der Waals surface area contributed by atoms with Crippen molar-refractivity contribution in [2.45, 2.75) is 39.2 Å². The molecule has 1 saturated carbocycles. The van der Waals surface area contributed by atoms with Crippen LogP contribution in [0.3, 0.4) is 0 Å². The topological polar surface area (TPSA) is 54.9 Å². The smallest absolute Gasteiger partial charge is 0.231 e. The van der Waals surface area contributed by atoms with E-state index in [2.05, 4.69) is 29.1 Å². The molecule has 5 heteroatoms. The van der Waals surface area contributed by atoms with E-state index in [1.54, 1.807) is 24.5 Å². The number of nitrogens with zero attached hydrogens (tertiary/aromatic N) is 2. The van der Waals surface area contributed by atoms with Gasteiger partial charge >= 0.3 is 0 Å². The van der Waals surface area contributed by atoms with Crippen molar-refractivity contribution in [1.82, 2.24) is 15.3 Å². The van der Waals surface area contributed by atoms with Crippen LogP contribution < -0.4 is 5.32 Å². The number of benzene rings is 1. The van der Waals surface area contributed by atoms with Crippen LogP contribution >= 0.6 is 0 Å². The second kappa shape index (κ2) is 5.41. The summed E-state index contributed by atoms with van der Waals surface area (Å²) < 4.78 is 13.2. The van der Waals surface area contributed by atoms with Crippen molar-refractivity contribution in [1.29, 1.82) is 0 Å². The van der Waals surface area contributed by atoms with Crippen LogP contribution in [0.1, 0.15) is 37.2 Å². The quantitative estimate of drug-likeness (QED) is 0.944. The van der Waals surface area contributed by atoms with Gasteiger partial charge in [-0.1, -0.05) is 26.0 Å². The van der Waals surface area contributed by atoms with Crippen molar-refractivity contribution < 1.29 is 9.18 Å². The van der Waals surface area contributed by atoms with E-state index in [1.807, 2.05) is 6.92 Å². The molecule has 23 heavy (non-hydrogen) atoms. The molecular weight excluding hydrogens is 293 g/mol. The summed E-state index contributed by atoms with van der Waals surface area (Å²) in [5, 5.41) is 2.95. The van der Waals surface area contributed by atoms with Crippen molar-refractivity contribution in [3.63, 3.8) is 0 Å². The second-order valence-corrected chi connectivity index (χ2v) is 6.80. The number of nitrogens with one attached hydrogen (secondary N) is 1. The second-order valence-electron chi connectivity index (χ2n) is 6.80. The SMILES string of the molecule is Cc1cnc(CNC(=O)[C@@]2(c3ccc(F)cc3)CC2(C)C)cn1. The first kappa shape index (κ1) is 15.6. The Balaban J connectivity index is 1.78. The molecule has 1 atom stereocenters. The van der Waals surface area contributed by atoms with Crippen molar-refractivity contribution in [3.8, 4) is 0 Å². The summed E-state index contributed by atoms with van der Waals surface area (Å²) in [5.74, 6) is -0.339. The lowest BCUT2D eigenvalue weighted by atomic mass is 9.87. The van der Waals surface area contributed by atoms with Gasteiger partial charge in [0.05, 0.1) is 29.5 Å². The van der Waals surface area contributed by atoms with E-state index in [0.29, 0.717) is 6.54 Å². The molecule has 4 nitrogen and oxygen atoms in total. The molecule has 1 aromatic carbocycles. The van der Waals surface area contributed by atoms with Gasteiger partial charge in [0.2, 0.25) is 5.91 Å². The van der Waals surface area contributed by atoms with E-state index in [4.69, 9.17) is 0 Å². The lowest BCUT2D eigenvalue weighted by Crippen LogP contribution is -2.37. The highest BCUT2D eigenvalue weighted by atomic mass is 19.1. The van der Waals surface area contributed by atoms with Gasteiger partial charge in [0.15, 0.2) is 0 Å². The average Bonchev–Trinajstić information content (AvgIpc) is 3.11. The summed E-state index contributed by atoms with van der Waals surface area (Å²) in [6.07, 6.45) is 4.09. The molecule has 0 radical (unpaired) electrons. The van der Waals surface area contributed by atoms with Crippen molar-refractivity contribution in [2.75, 3.05) is 0 Å². The van der Waals surface area contributed by atoms with Gasteiger partial charge in [-0.25, -0.2) is 4.39 Å². The molecular formula is C18H20FN3O. The Bertz CT molecular complexity index is 725. The van der Waals surface area contributed by atoms with Crippen LogP contribution in [0.2, 0.25) is 0 Å². The Morgan fingerprint density at radius 2 is 1.87 bits per heavy atom. The third kappa shape index (κ3) is 2.71. The third-order valence-electron chi connectivity index (χ3n) is 4.73. The van der Waals surface area contributed by atoms with Crippen LogP contribution in [0.25, 0.3) is 0 Å². The molecule has 0 unspecified atom stereocenters. The van der Waals surface area contributed by atoms with Gasteiger partial charge in [-0.3, -0.25) is 14.8 Å². The zero-order valence-electron chi connectivity index (χ0n) is 13.6. The number of carbonyl (C=O) groups excluding carboxylic acids is 1. The molecule has 1 amide bonds. The van der Waals surface area contributed by atoms with Crippen LogP contribution in [-0.2, 0) is 16.8 Å². The molecule has 1 aromatic heterocycles. The van der Waals surface area contributed by atoms with Crippen LogP contribution in [0.5, 0.6) is 0 Å². The Hall–Kier alpha value is -2.30. The fourth-order valence-electron chi connectivity index (χ4n) is 3.20. The first-order chi connectivity index (χ1) is 10.8.